The summed E-state index contributed by atoms with van der Waals surface area (Å²) in [4.78, 5) is 11.1. The van der Waals surface area contributed by atoms with Crippen molar-refractivity contribution in [1.29, 1.82) is 0 Å². The molecule has 1 N–H and O–H groups in total. The summed E-state index contributed by atoms with van der Waals surface area (Å²) in [5.74, 6) is 0.870. The third-order valence-corrected chi connectivity index (χ3v) is 2.88. The number of hydrogen-bond acceptors (Lipinski definition) is 1. The molecule has 0 radical (unpaired) electrons. The molecule has 2 rings (SSSR count). The van der Waals surface area contributed by atoms with Crippen LogP contribution in [0.3, 0.4) is 0 Å². The summed E-state index contributed by atoms with van der Waals surface area (Å²) in [5.41, 5.74) is 0. The number of nitrogens with one attached hydrogen (secondary N) is 1. The lowest BCUT2D eigenvalue weighted by atomic mass is 9.90. The summed E-state index contributed by atoms with van der Waals surface area (Å²) in [7, 11) is 0. The number of allylic oxidation sites excluding steroid dienone is 2. The zero-order chi connectivity index (χ0) is 8.39. The first-order valence-electron chi connectivity index (χ1n) is 4.80. The Kier molecular flexibility index (Phi) is 2.15. The maximum atomic E-state index is 11.1. The van der Waals surface area contributed by atoms with E-state index in [0.717, 1.165) is 25.7 Å². The van der Waals surface area contributed by atoms with Crippen LogP contribution in [0.4, 0.5) is 0 Å². The minimum absolute atomic E-state index is 0.256. The molecule has 1 amide bonds. The first kappa shape index (κ1) is 7.84. The van der Waals surface area contributed by atoms with Crippen molar-refractivity contribution in [3.05, 3.63) is 12.2 Å². The van der Waals surface area contributed by atoms with Gasteiger partial charge in [-0.05, 0) is 31.6 Å². The fourth-order valence-corrected chi connectivity index (χ4v) is 2.20. The molecule has 2 unspecified atom stereocenters. The first-order chi connectivity index (χ1) is 5.86. The van der Waals surface area contributed by atoms with E-state index in [9.17, 15) is 4.79 Å². The fraction of sp³-hybridized carbons (Fsp3) is 0.700. The average Bonchev–Trinajstić information content (AvgIpc) is 2.32. The summed E-state index contributed by atoms with van der Waals surface area (Å²) in [6.45, 7) is 0. The van der Waals surface area contributed by atoms with Gasteiger partial charge in [0, 0.05) is 12.5 Å². The smallest absolute Gasteiger partial charge is 0.220 e. The minimum atomic E-state index is 0.256. The van der Waals surface area contributed by atoms with Crippen LogP contribution in [0, 0.1) is 5.92 Å². The van der Waals surface area contributed by atoms with Crippen molar-refractivity contribution >= 4 is 5.91 Å². The van der Waals surface area contributed by atoms with Crippen molar-refractivity contribution in [3.8, 4) is 0 Å². The van der Waals surface area contributed by atoms with Gasteiger partial charge >= 0.3 is 0 Å². The summed E-state index contributed by atoms with van der Waals surface area (Å²) in [5, 5.41) is 3.05. The predicted octanol–water partition coefficient (Wildman–Crippen LogP) is 1.62. The van der Waals surface area contributed by atoms with E-state index in [-0.39, 0.29) is 5.91 Å². The maximum Gasteiger partial charge on any atom is 0.220 e. The zero-order valence-corrected chi connectivity index (χ0v) is 7.25. The van der Waals surface area contributed by atoms with Gasteiger partial charge in [0.15, 0.2) is 0 Å². The highest BCUT2D eigenvalue weighted by Gasteiger charge is 2.31. The lowest BCUT2D eigenvalue weighted by Gasteiger charge is -2.18. The second kappa shape index (κ2) is 3.30. The summed E-state index contributed by atoms with van der Waals surface area (Å²) >= 11 is 0. The molecule has 0 bridgehead atoms. The van der Waals surface area contributed by atoms with E-state index in [1.165, 1.54) is 6.42 Å². The molecule has 0 aromatic rings. The van der Waals surface area contributed by atoms with E-state index in [1.54, 1.807) is 0 Å². The van der Waals surface area contributed by atoms with E-state index in [1.807, 2.05) is 0 Å². The normalized spacial score (nSPS) is 37.8. The molecule has 2 heteroatoms. The molecule has 2 aliphatic rings. The highest BCUT2D eigenvalue weighted by molar-refractivity contribution is 5.79. The molecular weight excluding hydrogens is 150 g/mol. The highest BCUT2D eigenvalue weighted by atomic mass is 16.1. The third-order valence-electron chi connectivity index (χ3n) is 2.88. The molecule has 0 aromatic carbocycles. The van der Waals surface area contributed by atoms with Crippen molar-refractivity contribution in [2.45, 2.75) is 38.1 Å². The molecule has 1 aliphatic carbocycles. The van der Waals surface area contributed by atoms with Crippen LogP contribution in [-0.4, -0.2) is 11.9 Å². The monoisotopic (exact) mass is 165 g/mol. The average molecular weight is 165 g/mol. The Morgan fingerprint density at radius 1 is 1.25 bits per heavy atom. The van der Waals surface area contributed by atoms with Gasteiger partial charge in [-0.25, -0.2) is 0 Å². The standard InChI is InChI=1S/C10H15NO/c12-10-7-8-5-3-1-2-4-6-9(8)11-10/h1-2,8-9H,3-7H2,(H,11,12)/b2-1+. The number of amides is 1. The largest absolute Gasteiger partial charge is 0.353 e. The Balaban J connectivity index is 2.02. The minimum Gasteiger partial charge on any atom is -0.353 e. The molecule has 1 heterocycles. The lowest BCUT2D eigenvalue weighted by molar-refractivity contribution is -0.119. The van der Waals surface area contributed by atoms with Crippen LogP contribution in [0.15, 0.2) is 12.2 Å². The summed E-state index contributed by atoms with van der Waals surface area (Å²) in [6.07, 6.45) is 9.84. The topological polar surface area (TPSA) is 29.1 Å². The Bertz CT molecular complexity index is 190. The van der Waals surface area contributed by atoms with Gasteiger partial charge in [-0.1, -0.05) is 12.2 Å². The van der Waals surface area contributed by atoms with Crippen LogP contribution in [0.25, 0.3) is 0 Å². The van der Waals surface area contributed by atoms with E-state index in [4.69, 9.17) is 0 Å². The highest BCUT2D eigenvalue weighted by Crippen LogP contribution is 2.26. The van der Waals surface area contributed by atoms with Gasteiger partial charge in [0.1, 0.15) is 0 Å². The Labute approximate surface area is 73.0 Å². The van der Waals surface area contributed by atoms with Crippen LogP contribution in [0.2, 0.25) is 0 Å². The van der Waals surface area contributed by atoms with Crippen molar-refractivity contribution < 1.29 is 4.79 Å². The Morgan fingerprint density at radius 2 is 2.00 bits per heavy atom. The van der Waals surface area contributed by atoms with Gasteiger partial charge in [-0.3, -0.25) is 4.79 Å². The molecule has 0 saturated carbocycles. The van der Waals surface area contributed by atoms with Gasteiger partial charge < -0.3 is 5.32 Å². The molecular formula is C10H15NO. The fourth-order valence-electron chi connectivity index (χ4n) is 2.20. The third kappa shape index (κ3) is 1.52. The second-order valence-electron chi connectivity index (χ2n) is 3.76. The second-order valence-corrected chi connectivity index (χ2v) is 3.76. The van der Waals surface area contributed by atoms with Crippen LogP contribution in [-0.2, 0) is 4.79 Å². The quantitative estimate of drug-likeness (QED) is 0.543. The molecule has 1 fully saturated rings. The molecule has 0 spiro atoms. The molecule has 1 aliphatic heterocycles. The van der Waals surface area contributed by atoms with Gasteiger partial charge in [-0.15, -0.1) is 0 Å². The SMILES string of the molecule is O=C1CC2CC/C=C/CCC2N1. The molecule has 2 nitrogen and oxygen atoms in total. The van der Waals surface area contributed by atoms with E-state index >= 15 is 0 Å². The van der Waals surface area contributed by atoms with Gasteiger partial charge in [0.25, 0.3) is 0 Å². The van der Waals surface area contributed by atoms with Crippen molar-refractivity contribution in [2.75, 3.05) is 0 Å². The van der Waals surface area contributed by atoms with Crippen molar-refractivity contribution in [2.24, 2.45) is 5.92 Å². The number of carbonyl (C=O) groups excluding carboxylic acids is 1. The Morgan fingerprint density at radius 3 is 2.83 bits per heavy atom. The number of carbonyl (C=O) groups is 1. The van der Waals surface area contributed by atoms with Gasteiger partial charge in [0.05, 0.1) is 0 Å². The molecule has 66 valence electrons. The van der Waals surface area contributed by atoms with E-state index < -0.39 is 0 Å². The van der Waals surface area contributed by atoms with Crippen LogP contribution < -0.4 is 5.32 Å². The number of hydrogen-bond donors (Lipinski definition) is 1. The zero-order valence-electron chi connectivity index (χ0n) is 7.25. The van der Waals surface area contributed by atoms with Crippen LogP contribution in [0.1, 0.15) is 32.1 Å². The summed E-state index contributed by atoms with van der Waals surface area (Å²) < 4.78 is 0. The van der Waals surface area contributed by atoms with Crippen LogP contribution in [0.5, 0.6) is 0 Å². The maximum absolute atomic E-state index is 11.1. The Hall–Kier alpha value is -0.790. The lowest BCUT2D eigenvalue weighted by Crippen LogP contribution is -2.29. The van der Waals surface area contributed by atoms with Crippen molar-refractivity contribution in [1.82, 2.24) is 5.32 Å². The molecule has 2 atom stereocenters. The molecule has 0 aromatic heterocycles. The van der Waals surface area contributed by atoms with E-state index in [0.29, 0.717) is 12.0 Å². The summed E-state index contributed by atoms with van der Waals surface area (Å²) in [6, 6.07) is 0.474. The van der Waals surface area contributed by atoms with Gasteiger partial charge in [0.2, 0.25) is 5.91 Å². The molecule has 12 heavy (non-hydrogen) atoms. The van der Waals surface area contributed by atoms with Gasteiger partial charge in [-0.2, -0.15) is 0 Å². The van der Waals surface area contributed by atoms with Crippen LogP contribution >= 0.6 is 0 Å². The number of rotatable bonds is 0. The molecule has 1 saturated heterocycles. The number of fused-ring (bicyclic) bond motifs is 1. The van der Waals surface area contributed by atoms with E-state index in [2.05, 4.69) is 17.5 Å². The first-order valence-corrected chi connectivity index (χ1v) is 4.80. The van der Waals surface area contributed by atoms with Crippen molar-refractivity contribution in [3.63, 3.8) is 0 Å². The predicted molar refractivity (Wildman–Crippen MR) is 47.6 cm³/mol.